The standard InChI is InChI=1S/C4H10INS.C2H6/c1-3-6(4-2)7-5;1-2/h3-4H2,1-2H3;1-2H3. The predicted molar refractivity (Wildman–Crippen MR) is 55.9 cm³/mol. The molecule has 0 rings (SSSR count). The summed E-state index contributed by atoms with van der Waals surface area (Å²) < 4.78 is 2.28. The zero-order valence-corrected chi connectivity index (χ0v) is 9.62. The lowest BCUT2D eigenvalue weighted by Crippen LogP contribution is -2.10. The third-order valence-corrected chi connectivity index (χ3v) is 3.19. The first-order valence-corrected chi connectivity index (χ1v) is 6.70. The van der Waals surface area contributed by atoms with Crippen molar-refractivity contribution in [3.8, 4) is 0 Å². The average molecular weight is 261 g/mol. The Kier molecular flexibility index (Phi) is 16.6. The molecule has 1 nitrogen and oxygen atoms in total. The van der Waals surface area contributed by atoms with E-state index in [0.29, 0.717) is 0 Å². The molecule has 0 aromatic heterocycles. The molecule has 0 amide bonds. The molecule has 0 radical (unpaired) electrons. The highest BCUT2D eigenvalue weighted by molar-refractivity contribution is 14.2. The van der Waals surface area contributed by atoms with Crippen molar-refractivity contribution in [2.24, 2.45) is 0 Å². The molecule has 0 aromatic carbocycles. The van der Waals surface area contributed by atoms with Gasteiger partial charge in [0.25, 0.3) is 0 Å². The highest BCUT2D eigenvalue weighted by atomic mass is 127. The molecule has 0 aliphatic rings. The van der Waals surface area contributed by atoms with E-state index in [-0.39, 0.29) is 0 Å². The molecule has 0 unspecified atom stereocenters. The van der Waals surface area contributed by atoms with E-state index in [1.54, 1.807) is 9.12 Å². The number of nitrogens with zero attached hydrogens (tertiary/aromatic N) is 1. The van der Waals surface area contributed by atoms with Crippen LogP contribution < -0.4 is 0 Å². The zero-order chi connectivity index (χ0) is 7.70. The summed E-state index contributed by atoms with van der Waals surface area (Å²) in [5, 5.41) is 0. The van der Waals surface area contributed by atoms with E-state index in [1.165, 1.54) is 0 Å². The van der Waals surface area contributed by atoms with Crippen molar-refractivity contribution in [2.45, 2.75) is 27.7 Å². The van der Waals surface area contributed by atoms with Crippen molar-refractivity contribution in [1.82, 2.24) is 4.31 Å². The van der Waals surface area contributed by atoms with Crippen LogP contribution in [0.2, 0.25) is 0 Å². The molecule has 0 atom stereocenters. The molecule has 9 heavy (non-hydrogen) atoms. The maximum atomic E-state index is 2.29. The monoisotopic (exact) mass is 261 g/mol. The van der Waals surface area contributed by atoms with Crippen LogP contribution in [0.4, 0.5) is 0 Å². The Bertz CT molecular complexity index is 34.5. The number of rotatable bonds is 3. The Morgan fingerprint density at radius 2 is 1.56 bits per heavy atom. The fourth-order valence-corrected chi connectivity index (χ4v) is 2.19. The van der Waals surface area contributed by atoms with Crippen molar-refractivity contribution < 1.29 is 0 Å². The first-order chi connectivity index (χ1) is 4.35. The predicted octanol–water partition coefficient (Wildman–Crippen LogP) is 3.35. The van der Waals surface area contributed by atoms with Gasteiger partial charge in [-0.3, -0.25) is 0 Å². The van der Waals surface area contributed by atoms with E-state index >= 15 is 0 Å². The summed E-state index contributed by atoms with van der Waals surface area (Å²) in [5.41, 5.74) is 0. The van der Waals surface area contributed by atoms with Gasteiger partial charge in [0.1, 0.15) is 0 Å². The van der Waals surface area contributed by atoms with Crippen LogP contribution in [-0.4, -0.2) is 17.4 Å². The van der Waals surface area contributed by atoms with E-state index in [0.717, 1.165) is 13.1 Å². The van der Waals surface area contributed by atoms with Crippen LogP contribution in [0.15, 0.2) is 0 Å². The SMILES string of the molecule is CC.CCN(CC)SI. The van der Waals surface area contributed by atoms with Gasteiger partial charge in [0.15, 0.2) is 0 Å². The Morgan fingerprint density at radius 1 is 1.22 bits per heavy atom. The maximum absolute atomic E-state index is 2.29. The fraction of sp³-hybridized carbons (Fsp3) is 1.00. The summed E-state index contributed by atoms with van der Waals surface area (Å²) in [6.45, 7) is 10.6. The number of hydrogen-bond donors (Lipinski definition) is 0. The van der Waals surface area contributed by atoms with Crippen molar-refractivity contribution in [3.63, 3.8) is 0 Å². The Morgan fingerprint density at radius 3 is 1.56 bits per heavy atom. The third kappa shape index (κ3) is 9.04. The molecule has 0 spiro atoms. The van der Waals surface area contributed by atoms with Gasteiger partial charge in [-0.1, -0.05) is 27.7 Å². The molecule has 0 aliphatic heterocycles. The molecule has 0 heterocycles. The third-order valence-electron chi connectivity index (χ3n) is 0.803. The Balaban J connectivity index is 0. The van der Waals surface area contributed by atoms with Gasteiger partial charge in [0.2, 0.25) is 0 Å². The molecule has 0 aliphatic carbocycles. The Hall–Kier alpha value is 1.04. The molecule has 0 saturated carbocycles. The summed E-state index contributed by atoms with van der Waals surface area (Å²) in [7, 11) is 1.77. The van der Waals surface area contributed by atoms with Crippen LogP contribution in [0.5, 0.6) is 0 Å². The van der Waals surface area contributed by atoms with Crippen LogP contribution in [0.25, 0.3) is 0 Å². The fourth-order valence-electron chi connectivity index (χ4n) is 0.321. The van der Waals surface area contributed by atoms with Gasteiger partial charge in [-0.25, -0.2) is 4.31 Å². The minimum absolute atomic E-state index is 1.14. The highest BCUT2D eigenvalue weighted by Gasteiger charge is 1.91. The molecular weight excluding hydrogens is 245 g/mol. The van der Waals surface area contributed by atoms with Crippen LogP contribution in [0.1, 0.15) is 27.7 Å². The molecule has 58 valence electrons. The van der Waals surface area contributed by atoms with Crippen LogP contribution in [-0.2, 0) is 0 Å². The summed E-state index contributed by atoms with van der Waals surface area (Å²) in [6.07, 6.45) is 0. The maximum Gasteiger partial charge on any atom is 0.0146 e. The van der Waals surface area contributed by atoms with Crippen LogP contribution >= 0.6 is 30.3 Å². The van der Waals surface area contributed by atoms with Gasteiger partial charge in [-0.15, -0.1) is 0 Å². The summed E-state index contributed by atoms with van der Waals surface area (Å²) in [5.74, 6) is 0. The molecule has 0 fully saturated rings. The lowest BCUT2D eigenvalue weighted by atomic mass is 10.7. The number of hydrogen-bond acceptors (Lipinski definition) is 2. The molecule has 0 bridgehead atoms. The molecule has 0 saturated heterocycles. The lowest BCUT2D eigenvalue weighted by molar-refractivity contribution is 0.531. The lowest BCUT2D eigenvalue weighted by Gasteiger charge is -2.10. The van der Waals surface area contributed by atoms with Crippen molar-refractivity contribution >= 4 is 30.3 Å². The van der Waals surface area contributed by atoms with Crippen LogP contribution in [0.3, 0.4) is 0 Å². The Labute approximate surface area is 75.3 Å². The summed E-state index contributed by atoms with van der Waals surface area (Å²) >= 11 is 2.29. The van der Waals surface area contributed by atoms with Gasteiger partial charge < -0.3 is 0 Å². The molecule has 0 aromatic rings. The van der Waals surface area contributed by atoms with Crippen molar-refractivity contribution in [3.05, 3.63) is 0 Å². The molecular formula is C6H16INS. The highest BCUT2D eigenvalue weighted by Crippen LogP contribution is 2.16. The second kappa shape index (κ2) is 11.8. The van der Waals surface area contributed by atoms with E-state index in [4.69, 9.17) is 0 Å². The van der Waals surface area contributed by atoms with Crippen LogP contribution in [0, 0.1) is 0 Å². The van der Waals surface area contributed by atoms with Crippen molar-refractivity contribution in [1.29, 1.82) is 0 Å². The van der Waals surface area contributed by atoms with Gasteiger partial charge in [0, 0.05) is 34.3 Å². The molecule has 3 heteroatoms. The van der Waals surface area contributed by atoms with Gasteiger partial charge in [-0.05, 0) is 9.12 Å². The largest absolute Gasteiger partial charge is 0.242 e. The quantitative estimate of drug-likeness (QED) is 0.566. The van der Waals surface area contributed by atoms with Crippen molar-refractivity contribution in [2.75, 3.05) is 13.1 Å². The second-order valence-corrected chi connectivity index (χ2v) is 3.02. The normalized spacial score (nSPS) is 8.67. The first-order valence-electron chi connectivity index (χ1n) is 3.38. The smallest absolute Gasteiger partial charge is 0.0146 e. The van der Waals surface area contributed by atoms with E-state index in [2.05, 4.69) is 39.4 Å². The second-order valence-electron chi connectivity index (χ2n) is 1.18. The van der Waals surface area contributed by atoms with E-state index < -0.39 is 0 Å². The minimum Gasteiger partial charge on any atom is -0.242 e. The molecule has 0 N–H and O–H groups in total. The summed E-state index contributed by atoms with van der Waals surface area (Å²) in [6, 6.07) is 0. The van der Waals surface area contributed by atoms with E-state index in [9.17, 15) is 0 Å². The first kappa shape index (κ1) is 12.7. The van der Waals surface area contributed by atoms with E-state index in [1.807, 2.05) is 13.8 Å². The van der Waals surface area contributed by atoms with Gasteiger partial charge in [-0.2, -0.15) is 0 Å². The minimum atomic E-state index is 1.14. The van der Waals surface area contributed by atoms with Gasteiger partial charge >= 0.3 is 0 Å². The number of halogens is 1. The van der Waals surface area contributed by atoms with Gasteiger partial charge in [0.05, 0.1) is 0 Å². The average Bonchev–Trinajstić information content (AvgIpc) is 1.96. The summed E-state index contributed by atoms with van der Waals surface area (Å²) in [4.78, 5) is 0. The topological polar surface area (TPSA) is 3.24 Å². The zero-order valence-electron chi connectivity index (χ0n) is 6.65.